The van der Waals surface area contributed by atoms with Crippen LogP contribution >= 0.6 is 0 Å². The lowest BCUT2D eigenvalue weighted by atomic mass is 9.82. The van der Waals surface area contributed by atoms with Gasteiger partial charge in [0.05, 0.1) is 6.10 Å². The molecule has 2 saturated heterocycles. The number of piperidine rings is 2. The van der Waals surface area contributed by atoms with E-state index in [2.05, 4.69) is 18.7 Å². The number of hydrogen-bond donors (Lipinski definition) is 1. The topological polar surface area (TPSA) is 23.5 Å². The highest BCUT2D eigenvalue weighted by Crippen LogP contribution is 2.35. The summed E-state index contributed by atoms with van der Waals surface area (Å²) in [5.74, 6) is 0. The summed E-state index contributed by atoms with van der Waals surface area (Å²) < 4.78 is 0. The van der Waals surface area contributed by atoms with E-state index in [1.165, 1.54) is 19.3 Å². The lowest BCUT2D eigenvalue weighted by molar-refractivity contribution is -0.0429. The van der Waals surface area contributed by atoms with Gasteiger partial charge in [-0.15, -0.1) is 0 Å². The Bertz CT molecular complexity index is 167. The van der Waals surface area contributed by atoms with Gasteiger partial charge in [0.15, 0.2) is 0 Å². The fourth-order valence-electron chi connectivity index (χ4n) is 3.23. The number of nitrogens with zero attached hydrogens (tertiary/aromatic N) is 1. The summed E-state index contributed by atoms with van der Waals surface area (Å²) in [5, 5.41) is 9.69. The van der Waals surface area contributed by atoms with Crippen molar-refractivity contribution in [2.24, 2.45) is 0 Å². The first kappa shape index (κ1) is 9.47. The molecule has 2 unspecified atom stereocenters. The maximum absolute atomic E-state index is 9.69. The van der Waals surface area contributed by atoms with E-state index in [9.17, 15) is 5.11 Å². The number of hydrogen-bond acceptors (Lipinski definition) is 2. The molecule has 2 nitrogen and oxygen atoms in total. The zero-order valence-electron chi connectivity index (χ0n) is 8.74. The highest BCUT2D eigenvalue weighted by molar-refractivity contribution is 4.93. The minimum Gasteiger partial charge on any atom is -0.393 e. The van der Waals surface area contributed by atoms with E-state index in [-0.39, 0.29) is 6.10 Å². The van der Waals surface area contributed by atoms with Crippen molar-refractivity contribution in [1.82, 2.24) is 4.90 Å². The third-order valence-corrected chi connectivity index (χ3v) is 3.60. The first-order valence-corrected chi connectivity index (χ1v) is 5.64. The van der Waals surface area contributed by atoms with E-state index in [1.807, 2.05) is 0 Å². The highest BCUT2D eigenvalue weighted by Gasteiger charge is 2.38. The van der Waals surface area contributed by atoms with Gasteiger partial charge in [0.25, 0.3) is 0 Å². The molecule has 0 aromatic heterocycles. The molecule has 1 N–H and O–H groups in total. The molecule has 0 amide bonds. The second kappa shape index (κ2) is 3.58. The van der Waals surface area contributed by atoms with E-state index in [0.29, 0.717) is 18.1 Å². The Kier molecular flexibility index (Phi) is 2.61. The molecule has 2 rings (SSSR count). The van der Waals surface area contributed by atoms with Gasteiger partial charge in [-0.05, 0) is 39.5 Å². The molecule has 2 heteroatoms. The summed E-state index contributed by atoms with van der Waals surface area (Å²) in [6.07, 6.45) is 5.96. The third kappa shape index (κ3) is 1.75. The Labute approximate surface area is 80.9 Å². The molecule has 2 heterocycles. The largest absolute Gasteiger partial charge is 0.393 e. The molecule has 2 bridgehead atoms. The van der Waals surface area contributed by atoms with Gasteiger partial charge in [-0.1, -0.05) is 6.42 Å². The van der Waals surface area contributed by atoms with Crippen LogP contribution in [-0.2, 0) is 0 Å². The van der Waals surface area contributed by atoms with E-state index in [0.717, 1.165) is 12.8 Å². The fourth-order valence-corrected chi connectivity index (χ4v) is 3.23. The minimum atomic E-state index is -0.0229. The number of aliphatic hydroxyl groups excluding tert-OH is 1. The lowest BCUT2D eigenvalue weighted by Gasteiger charge is -2.50. The molecule has 76 valence electrons. The monoisotopic (exact) mass is 183 g/mol. The minimum absolute atomic E-state index is 0.0229. The number of fused-ring (bicyclic) bond motifs is 2. The van der Waals surface area contributed by atoms with Crippen LogP contribution in [0.2, 0.25) is 0 Å². The molecule has 2 aliphatic heterocycles. The summed E-state index contributed by atoms with van der Waals surface area (Å²) in [5.41, 5.74) is 0. The lowest BCUT2D eigenvalue weighted by Crippen LogP contribution is -2.56. The van der Waals surface area contributed by atoms with Crippen LogP contribution in [0.25, 0.3) is 0 Å². The summed E-state index contributed by atoms with van der Waals surface area (Å²) >= 11 is 0. The van der Waals surface area contributed by atoms with Crippen LogP contribution in [0.4, 0.5) is 0 Å². The van der Waals surface area contributed by atoms with Crippen LogP contribution in [0.15, 0.2) is 0 Å². The Morgan fingerprint density at radius 1 is 1.15 bits per heavy atom. The van der Waals surface area contributed by atoms with Crippen LogP contribution in [-0.4, -0.2) is 34.2 Å². The Hall–Kier alpha value is -0.0800. The van der Waals surface area contributed by atoms with Crippen molar-refractivity contribution in [3.05, 3.63) is 0 Å². The normalized spacial score (nSPS) is 41.1. The van der Waals surface area contributed by atoms with E-state index in [1.54, 1.807) is 0 Å². The van der Waals surface area contributed by atoms with Crippen molar-refractivity contribution in [2.75, 3.05) is 0 Å². The predicted octanol–water partition coefficient (Wildman–Crippen LogP) is 1.77. The maximum Gasteiger partial charge on any atom is 0.0570 e. The first-order valence-electron chi connectivity index (χ1n) is 5.64. The molecule has 0 aromatic rings. The van der Waals surface area contributed by atoms with Gasteiger partial charge in [0, 0.05) is 18.1 Å². The van der Waals surface area contributed by atoms with Crippen molar-refractivity contribution < 1.29 is 5.11 Å². The summed E-state index contributed by atoms with van der Waals surface area (Å²) in [7, 11) is 0. The second-order valence-electron chi connectivity index (χ2n) is 4.90. The number of aliphatic hydroxyl groups is 1. The Morgan fingerprint density at radius 2 is 1.69 bits per heavy atom. The second-order valence-corrected chi connectivity index (χ2v) is 4.90. The molecule has 13 heavy (non-hydrogen) atoms. The van der Waals surface area contributed by atoms with Gasteiger partial charge in [-0.2, -0.15) is 0 Å². The van der Waals surface area contributed by atoms with E-state index >= 15 is 0 Å². The molecular formula is C11H21NO. The van der Waals surface area contributed by atoms with Crippen molar-refractivity contribution >= 4 is 0 Å². The molecule has 0 saturated carbocycles. The third-order valence-electron chi connectivity index (χ3n) is 3.60. The molecule has 2 fully saturated rings. The van der Waals surface area contributed by atoms with Crippen LogP contribution < -0.4 is 0 Å². The smallest absolute Gasteiger partial charge is 0.0570 e. The molecule has 0 aromatic carbocycles. The van der Waals surface area contributed by atoms with Gasteiger partial charge in [0.2, 0.25) is 0 Å². The van der Waals surface area contributed by atoms with Crippen molar-refractivity contribution in [3.63, 3.8) is 0 Å². The zero-order chi connectivity index (χ0) is 9.42. The molecule has 0 aliphatic carbocycles. The highest BCUT2D eigenvalue weighted by atomic mass is 16.3. The average Bonchev–Trinajstić information content (AvgIpc) is 2.01. The molecule has 0 spiro atoms. The average molecular weight is 183 g/mol. The maximum atomic E-state index is 9.69. The van der Waals surface area contributed by atoms with Gasteiger partial charge in [-0.25, -0.2) is 0 Å². The fraction of sp³-hybridized carbons (Fsp3) is 1.00. The Morgan fingerprint density at radius 3 is 2.15 bits per heavy atom. The van der Waals surface area contributed by atoms with Crippen LogP contribution in [0.5, 0.6) is 0 Å². The van der Waals surface area contributed by atoms with Crippen LogP contribution in [0, 0.1) is 0 Å². The molecule has 2 aliphatic rings. The van der Waals surface area contributed by atoms with Gasteiger partial charge in [0.1, 0.15) is 0 Å². The summed E-state index contributed by atoms with van der Waals surface area (Å²) in [4.78, 5) is 2.64. The quantitative estimate of drug-likeness (QED) is 0.669. The van der Waals surface area contributed by atoms with Crippen LogP contribution in [0.1, 0.15) is 46.0 Å². The molecule has 3 atom stereocenters. The van der Waals surface area contributed by atoms with E-state index < -0.39 is 0 Å². The SMILES string of the molecule is CC(C)N1C2CCC[C@@H]1CC(O)C2. The first-order chi connectivity index (χ1) is 6.18. The molecule has 0 radical (unpaired) electrons. The van der Waals surface area contributed by atoms with Gasteiger partial charge >= 0.3 is 0 Å². The summed E-state index contributed by atoms with van der Waals surface area (Å²) in [6.45, 7) is 4.56. The van der Waals surface area contributed by atoms with Crippen molar-refractivity contribution in [1.29, 1.82) is 0 Å². The Balaban J connectivity index is 2.10. The number of rotatable bonds is 1. The standard InChI is InChI=1S/C11H21NO/c1-8(2)12-9-4-3-5-10(12)7-11(13)6-9/h8-11,13H,3-7H2,1-2H3/t9-,10?,11?/m1/s1. The van der Waals surface area contributed by atoms with E-state index in [4.69, 9.17) is 0 Å². The van der Waals surface area contributed by atoms with Gasteiger partial charge < -0.3 is 5.11 Å². The van der Waals surface area contributed by atoms with Crippen molar-refractivity contribution in [3.8, 4) is 0 Å². The van der Waals surface area contributed by atoms with Crippen molar-refractivity contribution in [2.45, 2.75) is 70.2 Å². The summed E-state index contributed by atoms with van der Waals surface area (Å²) in [6, 6.07) is 1.99. The predicted molar refractivity (Wildman–Crippen MR) is 53.6 cm³/mol. The zero-order valence-corrected chi connectivity index (χ0v) is 8.74. The van der Waals surface area contributed by atoms with Gasteiger partial charge in [-0.3, -0.25) is 4.90 Å². The molecular weight excluding hydrogens is 162 g/mol. The van der Waals surface area contributed by atoms with Crippen LogP contribution in [0.3, 0.4) is 0 Å².